The van der Waals surface area contributed by atoms with Crippen molar-refractivity contribution in [2.24, 2.45) is 17.4 Å². The molecule has 1 aromatic rings. The molecule has 0 spiro atoms. The lowest BCUT2D eigenvalue weighted by Crippen LogP contribution is -2.61. The molecule has 2 rings (SSSR count). The smallest absolute Gasteiger partial charge is 0.326 e. The number of likely N-dealkylation sites (tertiary alicyclic amines) is 1. The Hall–Kier alpha value is -6.24. The number of aliphatic hydroxyl groups is 2. The van der Waals surface area contributed by atoms with Crippen molar-refractivity contribution in [3.63, 3.8) is 0 Å². The zero-order valence-corrected chi connectivity index (χ0v) is 36.4. The first-order chi connectivity index (χ1) is 30.8. The molecule has 9 atom stereocenters. The number of carboxylic acids is 3. The predicted octanol–water partition coefficient (Wildman–Crippen LogP) is -3.96. The Morgan fingerprint density at radius 2 is 1.23 bits per heavy atom. The number of unbranched alkanes of at least 4 members (excludes halogenated alkanes) is 1. The van der Waals surface area contributed by atoms with E-state index >= 15 is 0 Å². The summed E-state index contributed by atoms with van der Waals surface area (Å²) in [7, 11) is 0. The summed E-state index contributed by atoms with van der Waals surface area (Å²) >= 11 is 0. The largest absolute Gasteiger partial charge is 0.481 e. The van der Waals surface area contributed by atoms with Gasteiger partial charge in [0.05, 0.1) is 25.7 Å². The van der Waals surface area contributed by atoms with Crippen LogP contribution in [0.5, 0.6) is 0 Å². The van der Waals surface area contributed by atoms with E-state index in [1.165, 1.54) is 4.90 Å². The topological polar surface area (TPSA) is 399 Å². The molecule has 1 heterocycles. The van der Waals surface area contributed by atoms with Crippen molar-refractivity contribution in [3.8, 4) is 0 Å². The SMILES string of the molecule is CC[C@H](C)[C@H](N)C(=O)N[C@@H](CO)C(=O)N[C@@H](CO)C(=O)N[C@@H](CCC(=O)O)C(=O)N[C@@H](CC(=O)O)C(=O)N[C@@H](CCCCN)C(=O)N1CCC[C@H]1C(=O)N[C@@H](Cc1ccccc1)C(=O)O. The third-order valence-corrected chi connectivity index (χ3v) is 10.8. The number of aliphatic hydroxyl groups excluding tert-OH is 2. The molecule has 1 aromatic carbocycles. The van der Waals surface area contributed by atoms with Crippen molar-refractivity contribution in [2.75, 3.05) is 26.3 Å². The quantitative estimate of drug-likeness (QED) is 0.0341. The number of carbonyl (C=O) groups is 10. The zero-order chi connectivity index (χ0) is 48.8. The summed E-state index contributed by atoms with van der Waals surface area (Å²) in [6.07, 6.45) is -0.880. The molecule has 7 amide bonds. The van der Waals surface area contributed by atoms with Gasteiger partial charge in [-0.15, -0.1) is 0 Å². The summed E-state index contributed by atoms with van der Waals surface area (Å²) < 4.78 is 0. The van der Waals surface area contributed by atoms with E-state index in [1.54, 1.807) is 44.2 Å². The maximum Gasteiger partial charge on any atom is 0.326 e. The molecule has 1 aliphatic rings. The van der Waals surface area contributed by atoms with E-state index in [9.17, 15) is 73.5 Å². The number of aliphatic carboxylic acids is 3. The van der Waals surface area contributed by atoms with Crippen LogP contribution in [0.2, 0.25) is 0 Å². The van der Waals surface area contributed by atoms with Gasteiger partial charge in [-0.1, -0.05) is 50.6 Å². The third kappa shape index (κ3) is 18.0. The molecule has 0 saturated carbocycles. The van der Waals surface area contributed by atoms with E-state index in [0.717, 1.165) is 0 Å². The van der Waals surface area contributed by atoms with Gasteiger partial charge in [-0.05, 0) is 56.6 Å². The van der Waals surface area contributed by atoms with E-state index in [2.05, 4.69) is 31.9 Å². The number of carbonyl (C=O) groups excluding carboxylic acids is 7. The van der Waals surface area contributed by atoms with Gasteiger partial charge in [0.1, 0.15) is 42.3 Å². The van der Waals surface area contributed by atoms with Crippen molar-refractivity contribution in [1.29, 1.82) is 0 Å². The summed E-state index contributed by atoms with van der Waals surface area (Å²) in [5, 5.41) is 62.2. The molecule has 1 aliphatic heterocycles. The molecular weight excluding hydrogens is 858 g/mol. The molecule has 1 saturated heterocycles. The number of nitrogens with two attached hydrogens (primary N) is 2. The number of nitrogens with zero attached hydrogens (tertiary/aromatic N) is 1. The minimum absolute atomic E-state index is 0.0446. The zero-order valence-electron chi connectivity index (χ0n) is 36.4. The van der Waals surface area contributed by atoms with Gasteiger partial charge >= 0.3 is 17.9 Å². The van der Waals surface area contributed by atoms with E-state index in [1.807, 2.05) is 0 Å². The fourth-order valence-corrected chi connectivity index (χ4v) is 6.75. The number of amides is 7. The molecule has 24 heteroatoms. The molecule has 0 aliphatic carbocycles. The minimum atomic E-state index is -1.94. The number of benzene rings is 1. The number of nitrogens with one attached hydrogen (secondary N) is 6. The fraction of sp³-hybridized carbons (Fsp3) is 0.610. The van der Waals surface area contributed by atoms with E-state index < -0.39 is 140 Å². The average molecular weight is 922 g/mol. The first kappa shape index (κ1) is 54.9. The van der Waals surface area contributed by atoms with Crippen LogP contribution in [-0.4, -0.2) is 164 Å². The van der Waals surface area contributed by atoms with Crippen molar-refractivity contribution in [2.45, 2.75) is 126 Å². The summed E-state index contributed by atoms with van der Waals surface area (Å²) in [6.45, 7) is 1.67. The lowest BCUT2D eigenvalue weighted by atomic mass is 9.99. The Balaban J connectivity index is 2.29. The van der Waals surface area contributed by atoms with Crippen LogP contribution >= 0.6 is 0 Å². The van der Waals surface area contributed by atoms with Crippen molar-refractivity contribution < 1.29 is 73.5 Å². The summed E-state index contributed by atoms with van der Waals surface area (Å²) in [5.41, 5.74) is 12.2. The second-order valence-corrected chi connectivity index (χ2v) is 15.7. The number of hydrogen-bond donors (Lipinski definition) is 13. The Kier molecular flexibility index (Phi) is 23.5. The van der Waals surface area contributed by atoms with Crippen LogP contribution in [0.15, 0.2) is 30.3 Å². The Morgan fingerprint density at radius 3 is 1.77 bits per heavy atom. The van der Waals surface area contributed by atoms with Crippen LogP contribution in [0.1, 0.15) is 77.2 Å². The summed E-state index contributed by atoms with van der Waals surface area (Å²) in [6, 6.07) is -3.61. The highest BCUT2D eigenvalue weighted by molar-refractivity contribution is 5.98. The molecule has 0 bridgehead atoms. The van der Waals surface area contributed by atoms with E-state index in [0.29, 0.717) is 24.8 Å². The first-order valence-electron chi connectivity index (χ1n) is 21.3. The number of hydrogen-bond acceptors (Lipinski definition) is 14. The van der Waals surface area contributed by atoms with Gasteiger partial charge in [-0.25, -0.2) is 4.79 Å². The monoisotopic (exact) mass is 921 g/mol. The molecular formula is C41H63N9O15. The van der Waals surface area contributed by atoms with Gasteiger partial charge in [0, 0.05) is 19.4 Å². The molecule has 362 valence electrons. The Morgan fingerprint density at radius 1 is 0.692 bits per heavy atom. The van der Waals surface area contributed by atoms with E-state index in [4.69, 9.17) is 11.5 Å². The molecule has 0 aromatic heterocycles. The van der Waals surface area contributed by atoms with Gasteiger partial charge in [-0.3, -0.25) is 43.2 Å². The third-order valence-electron chi connectivity index (χ3n) is 10.8. The molecule has 1 fully saturated rings. The fourth-order valence-electron chi connectivity index (χ4n) is 6.75. The highest BCUT2D eigenvalue weighted by Crippen LogP contribution is 2.21. The van der Waals surface area contributed by atoms with Gasteiger partial charge in [-0.2, -0.15) is 0 Å². The average Bonchev–Trinajstić information content (AvgIpc) is 3.77. The highest BCUT2D eigenvalue weighted by Gasteiger charge is 2.40. The molecule has 0 radical (unpaired) electrons. The molecule has 65 heavy (non-hydrogen) atoms. The van der Waals surface area contributed by atoms with Gasteiger partial charge in [0.15, 0.2) is 0 Å². The standard InChI is InChI=1S/C41H63N9O15/c1-3-22(2)33(43)39(62)49-29(21-52)37(60)48-28(20-51)36(59)44-24(14-15-31(53)54)34(57)46-26(19-32(55)56)35(58)45-25(12-7-8-16-42)40(63)50-17-9-13-30(50)38(61)47-27(41(64)65)18-23-10-5-4-6-11-23/h4-6,10-11,22,24-30,33,51-52H,3,7-9,12-21,42-43H2,1-2H3,(H,44,59)(H,45,58)(H,46,57)(H,47,61)(H,48,60)(H,49,62)(H,53,54)(H,55,56)(H,64,65)/t22-,24-,25-,26-,27-,28-,29-,30-,33-/m0/s1. The summed E-state index contributed by atoms with van der Waals surface area (Å²) in [4.78, 5) is 131. The lowest BCUT2D eigenvalue weighted by Gasteiger charge is -2.30. The maximum atomic E-state index is 14.1. The van der Waals surface area contributed by atoms with Crippen LogP contribution in [0, 0.1) is 5.92 Å². The van der Waals surface area contributed by atoms with Crippen LogP contribution < -0.4 is 43.4 Å². The van der Waals surface area contributed by atoms with Crippen LogP contribution in [-0.2, 0) is 54.4 Å². The highest BCUT2D eigenvalue weighted by atomic mass is 16.4. The van der Waals surface area contributed by atoms with Crippen LogP contribution in [0.25, 0.3) is 0 Å². The van der Waals surface area contributed by atoms with Gasteiger partial charge < -0.3 is 73.8 Å². The summed E-state index contributed by atoms with van der Waals surface area (Å²) in [5.74, 6) is -11.8. The molecule has 15 N–H and O–H groups in total. The minimum Gasteiger partial charge on any atom is -0.481 e. The first-order valence-corrected chi connectivity index (χ1v) is 21.3. The second-order valence-electron chi connectivity index (χ2n) is 15.7. The number of rotatable bonds is 29. The van der Waals surface area contributed by atoms with Gasteiger partial charge in [0.2, 0.25) is 41.4 Å². The normalized spacial score (nSPS) is 17.1. The molecule has 24 nitrogen and oxygen atoms in total. The second kappa shape index (κ2) is 27.8. The van der Waals surface area contributed by atoms with Crippen LogP contribution in [0.4, 0.5) is 0 Å². The number of carboxylic acid groups (broad SMARTS) is 3. The molecule has 0 unspecified atom stereocenters. The van der Waals surface area contributed by atoms with Crippen molar-refractivity contribution in [1.82, 2.24) is 36.8 Å². The maximum absolute atomic E-state index is 14.1. The lowest BCUT2D eigenvalue weighted by molar-refractivity contribution is -0.145. The Labute approximate surface area is 375 Å². The van der Waals surface area contributed by atoms with Crippen LogP contribution in [0.3, 0.4) is 0 Å². The van der Waals surface area contributed by atoms with Gasteiger partial charge in [0.25, 0.3) is 0 Å². The van der Waals surface area contributed by atoms with Crippen molar-refractivity contribution >= 4 is 59.3 Å². The van der Waals surface area contributed by atoms with Crippen molar-refractivity contribution in [3.05, 3.63) is 35.9 Å². The Bertz CT molecular complexity index is 1820. The predicted molar refractivity (Wildman–Crippen MR) is 228 cm³/mol. The van der Waals surface area contributed by atoms with E-state index in [-0.39, 0.29) is 44.7 Å².